The molecule has 2 aromatic rings. The van der Waals surface area contributed by atoms with Gasteiger partial charge in [-0.15, -0.1) is 0 Å². The van der Waals surface area contributed by atoms with Gasteiger partial charge in [0.1, 0.15) is 0 Å². The average molecular weight is 307 g/mol. The van der Waals surface area contributed by atoms with E-state index in [1.807, 2.05) is 50.2 Å². The fraction of sp³-hybridized carbons (Fsp3) is 0.357. The second-order valence-electron chi connectivity index (χ2n) is 4.84. The van der Waals surface area contributed by atoms with E-state index in [0.717, 1.165) is 10.6 Å². The first-order valence-corrected chi connectivity index (χ1v) is 7.00. The van der Waals surface area contributed by atoms with Gasteiger partial charge in [0.15, 0.2) is 0 Å². The highest BCUT2D eigenvalue weighted by molar-refractivity contribution is 6.30. The lowest BCUT2D eigenvalue weighted by Crippen LogP contribution is -2.17. The molecule has 0 aliphatic heterocycles. The van der Waals surface area contributed by atoms with Gasteiger partial charge in [0.05, 0.1) is 6.04 Å². The summed E-state index contributed by atoms with van der Waals surface area (Å²) in [6.45, 7) is 2.04. The quantitative estimate of drug-likeness (QED) is 0.885. The zero-order valence-corrected chi connectivity index (χ0v) is 13.3. The minimum absolute atomic E-state index is 0.0596. The van der Waals surface area contributed by atoms with Crippen molar-refractivity contribution >= 4 is 29.4 Å². The first kappa shape index (κ1) is 15.3. The molecule has 0 bridgehead atoms. The zero-order chi connectivity index (χ0) is 15.4. The number of anilines is 3. The summed E-state index contributed by atoms with van der Waals surface area (Å²) < 4.78 is 0. The summed E-state index contributed by atoms with van der Waals surface area (Å²) in [4.78, 5) is 14.8. The Hall–Kier alpha value is -2.08. The van der Waals surface area contributed by atoms with Crippen molar-refractivity contribution in [3.8, 4) is 0 Å². The van der Waals surface area contributed by atoms with Crippen molar-refractivity contribution in [1.82, 2.24) is 15.0 Å². The summed E-state index contributed by atoms with van der Waals surface area (Å²) in [5, 5.41) is 6.93. The molecule has 1 unspecified atom stereocenters. The number of nitrogens with one attached hydrogen (secondary N) is 2. The van der Waals surface area contributed by atoms with Gasteiger partial charge in [0.25, 0.3) is 0 Å². The summed E-state index contributed by atoms with van der Waals surface area (Å²) >= 11 is 5.90. The first-order valence-electron chi connectivity index (χ1n) is 6.62. The van der Waals surface area contributed by atoms with Crippen molar-refractivity contribution in [2.75, 3.05) is 36.7 Å². The fourth-order valence-electron chi connectivity index (χ4n) is 1.77. The lowest BCUT2D eigenvalue weighted by Gasteiger charge is -2.17. The minimum Gasteiger partial charge on any atom is -0.357 e. The normalized spacial score (nSPS) is 11.9. The smallest absolute Gasteiger partial charge is 0.231 e. The second-order valence-corrected chi connectivity index (χ2v) is 5.28. The number of aromatic nitrogens is 3. The Labute approximate surface area is 129 Å². The summed E-state index contributed by atoms with van der Waals surface area (Å²) in [5.74, 6) is 1.65. The monoisotopic (exact) mass is 306 g/mol. The van der Waals surface area contributed by atoms with Crippen LogP contribution in [-0.4, -0.2) is 36.1 Å². The van der Waals surface area contributed by atoms with Crippen LogP contribution in [0.15, 0.2) is 24.3 Å². The van der Waals surface area contributed by atoms with Crippen LogP contribution in [0.1, 0.15) is 18.5 Å². The molecule has 0 amide bonds. The molecule has 0 radical (unpaired) electrons. The molecule has 6 nitrogen and oxygen atoms in total. The predicted octanol–water partition coefficient (Wildman–Crippen LogP) is 2.81. The molecule has 2 N–H and O–H groups in total. The van der Waals surface area contributed by atoms with E-state index < -0.39 is 0 Å². The van der Waals surface area contributed by atoms with Crippen LogP contribution in [0, 0.1) is 0 Å². The largest absolute Gasteiger partial charge is 0.357 e. The molecular formula is C14H19ClN6. The Morgan fingerprint density at radius 2 is 1.67 bits per heavy atom. The van der Waals surface area contributed by atoms with Gasteiger partial charge in [-0.3, -0.25) is 0 Å². The van der Waals surface area contributed by atoms with Gasteiger partial charge in [-0.25, -0.2) is 0 Å². The van der Waals surface area contributed by atoms with Crippen molar-refractivity contribution in [3.63, 3.8) is 0 Å². The topological polar surface area (TPSA) is 66.0 Å². The molecule has 1 heterocycles. The van der Waals surface area contributed by atoms with Crippen molar-refractivity contribution in [3.05, 3.63) is 34.9 Å². The van der Waals surface area contributed by atoms with Gasteiger partial charge >= 0.3 is 0 Å². The van der Waals surface area contributed by atoms with E-state index in [4.69, 9.17) is 11.6 Å². The Morgan fingerprint density at radius 1 is 1.05 bits per heavy atom. The number of halogens is 1. The molecule has 0 spiro atoms. The maximum Gasteiger partial charge on any atom is 0.231 e. The van der Waals surface area contributed by atoms with E-state index in [0.29, 0.717) is 17.8 Å². The number of hydrogen-bond donors (Lipinski definition) is 2. The van der Waals surface area contributed by atoms with Crippen LogP contribution in [-0.2, 0) is 0 Å². The van der Waals surface area contributed by atoms with Gasteiger partial charge < -0.3 is 15.5 Å². The molecule has 0 aliphatic carbocycles. The second kappa shape index (κ2) is 6.58. The zero-order valence-electron chi connectivity index (χ0n) is 12.6. The molecule has 0 aliphatic rings. The third-order valence-electron chi connectivity index (χ3n) is 2.96. The third-order valence-corrected chi connectivity index (χ3v) is 3.21. The summed E-state index contributed by atoms with van der Waals surface area (Å²) in [6, 6.07) is 7.75. The van der Waals surface area contributed by atoms with Crippen LogP contribution in [0.25, 0.3) is 0 Å². The molecule has 112 valence electrons. The standard InChI is InChI=1S/C14H19ClN6/c1-9(10-5-7-11(15)8-6-10)17-13-18-12(16-2)19-14(20-13)21(3)4/h5-9H,1-4H3,(H2,16,17,18,19,20). The van der Waals surface area contributed by atoms with Gasteiger partial charge in [-0.2, -0.15) is 15.0 Å². The highest BCUT2D eigenvalue weighted by Crippen LogP contribution is 2.20. The van der Waals surface area contributed by atoms with Crippen LogP contribution in [0.5, 0.6) is 0 Å². The van der Waals surface area contributed by atoms with Gasteiger partial charge in [-0.05, 0) is 24.6 Å². The van der Waals surface area contributed by atoms with E-state index >= 15 is 0 Å². The molecule has 1 atom stereocenters. The van der Waals surface area contributed by atoms with Crippen molar-refractivity contribution < 1.29 is 0 Å². The predicted molar refractivity (Wildman–Crippen MR) is 87.2 cm³/mol. The SMILES string of the molecule is CNc1nc(NC(C)c2ccc(Cl)cc2)nc(N(C)C)n1. The Balaban J connectivity index is 2.21. The molecular weight excluding hydrogens is 288 g/mol. The van der Waals surface area contributed by atoms with E-state index in [2.05, 4.69) is 25.6 Å². The summed E-state index contributed by atoms with van der Waals surface area (Å²) in [6.07, 6.45) is 0. The molecule has 1 aromatic heterocycles. The van der Waals surface area contributed by atoms with Crippen molar-refractivity contribution in [2.45, 2.75) is 13.0 Å². The lowest BCUT2D eigenvalue weighted by molar-refractivity contribution is 0.848. The average Bonchev–Trinajstić information content (AvgIpc) is 2.47. The van der Waals surface area contributed by atoms with Gasteiger partial charge in [0, 0.05) is 26.2 Å². The first-order chi connectivity index (χ1) is 9.99. The Morgan fingerprint density at radius 3 is 2.24 bits per heavy atom. The molecule has 0 fully saturated rings. The minimum atomic E-state index is 0.0596. The summed E-state index contributed by atoms with van der Waals surface area (Å²) in [5.41, 5.74) is 1.11. The van der Waals surface area contributed by atoms with Crippen LogP contribution in [0.4, 0.5) is 17.8 Å². The molecule has 0 saturated carbocycles. The van der Waals surface area contributed by atoms with Crippen LogP contribution >= 0.6 is 11.6 Å². The fourth-order valence-corrected chi connectivity index (χ4v) is 1.90. The summed E-state index contributed by atoms with van der Waals surface area (Å²) in [7, 11) is 5.56. The molecule has 1 aromatic carbocycles. The molecule has 21 heavy (non-hydrogen) atoms. The maximum absolute atomic E-state index is 5.90. The van der Waals surface area contributed by atoms with Crippen LogP contribution in [0.3, 0.4) is 0 Å². The van der Waals surface area contributed by atoms with Gasteiger partial charge in [-0.1, -0.05) is 23.7 Å². The van der Waals surface area contributed by atoms with E-state index in [1.54, 1.807) is 7.05 Å². The Bertz CT molecular complexity index is 599. The number of rotatable bonds is 5. The van der Waals surface area contributed by atoms with E-state index in [1.165, 1.54) is 0 Å². The number of benzene rings is 1. The van der Waals surface area contributed by atoms with E-state index in [9.17, 15) is 0 Å². The molecule has 7 heteroatoms. The van der Waals surface area contributed by atoms with E-state index in [-0.39, 0.29) is 6.04 Å². The van der Waals surface area contributed by atoms with Crippen molar-refractivity contribution in [1.29, 1.82) is 0 Å². The Kier molecular flexibility index (Phi) is 4.80. The van der Waals surface area contributed by atoms with Crippen LogP contribution in [0.2, 0.25) is 5.02 Å². The number of hydrogen-bond acceptors (Lipinski definition) is 6. The highest BCUT2D eigenvalue weighted by Gasteiger charge is 2.11. The third kappa shape index (κ3) is 3.95. The highest BCUT2D eigenvalue weighted by atomic mass is 35.5. The molecule has 2 rings (SSSR count). The lowest BCUT2D eigenvalue weighted by atomic mass is 10.1. The maximum atomic E-state index is 5.90. The number of nitrogens with zero attached hydrogens (tertiary/aromatic N) is 4. The van der Waals surface area contributed by atoms with Gasteiger partial charge in [0.2, 0.25) is 17.8 Å². The molecule has 0 saturated heterocycles. The van der Waals surface area contributed by atoms with Crippen molar-refractivity contribution in [2.24, 2.45) is 0 Å². The van der Waals surface area contributed by atoms with Crippen LogP contribution < -0.4 is 15.5 Å².